The van der Waals surface area contributed by atoms with E-state index < -0.39 is 10.2 Å². The number of nitro groups is 1. The van der Waals surface area contributed by atoms with E-state index in [4.69, 9.17) is 32.7 Å². The Balaban J connectivity index is 2.25. The van der Waals surface area contributed by atoms with Crippen LogP contribution in [0.5, 0.6) is 17.2 Å². The van der Waals surface area contributed by atoms with Crippen LogP contribution in [0.2, 0.25) is 5.02 Å². The Morgan fingerprint density at radius 1 is 1.21 bits per heavy atom. The number of carbonyl (C=O) groups excluding carboxylic acids is 1. The quantitative estimate of drug-likeness (QED) is 0.415. The molecule has 0 bridgehead atoms. The Kier molecular flexibility index (Phi) is 5.64. The van der Waals surface area contributed by atoms with E-state index in [1.54, 1.807) is 26.0 Å². The summed E-state index contributed by atoms with van der Waals surface area (Å²) in [5.74, 6) is 1.34. The van der Waals surface area contributed by atoms with Gasteiger partial charge in [0.15, 0.2) is 6.61 Å². The number of rotatable bonds is 6. The standard InChI is InChI=1S/C16H13Cl2NO5/c1-9-5-12(6-10(2)16(9)23-8-15(18)20)24-14-4-3-11(19(21)22)7-13(14)17/h3-7H,8H2,1-2H3. The molecule has 8 heteroatoms. The molecule has 0 aliphatic rings. The zero-order valence-electron chi connectivity index (χ0n) is 12.8. The van der Waals surface area contributed by atoms with E-state index in [-0.39, 0.29) is 17.3 Å². The van der Waals surface area contributed by atoms with Crippen molar-refractivity contribution in [1.29, 1.82) is 0 Å². The van der Waals surface area contributed by atoms with Crippen LogP contribution >= 0.6 is 23.2 Å². The zero-order chi connectivity index (χ0) is 17.9. The summed E-state index contributed by atoms with van der Waals surface area (Å²) in [5.41, 5.74) is 1.39. The van der Waals surface area contributed by atoms with Crippen molar-refractivity contribution in [1.82, 2.24) is 0 Å². The third kappa shape index (κ3) is 4.37. The lowest BCUT2D eigenvalue weighted by atomic mass is 10.1. The molecule has 0 spiro atoms. The number of carbonyl (C=O) groups is 1. The Morgan fingerprint density at radius 2 is 1.83 bits per heavy atom. The predicted octanol–water partition coefficient (Wildman–Crippen LogP) is 4.80. The Morgan fingerprint density at radius 3 is 2.33 bits per heavy atom. The van der Waals surface area contributed by atoms with Gasteiger partial charge in [-0.15, -0.1) is 0 Å². The molecule has 0 N–H and O–H groups in total. The number of nitrogens with zero attached hydrogens (tertiary/aromatic N) is 1. The highest BCUT2D eigenvalue weighted by atomic mass is 35.5. The minimum absolute atomic E-state index is 0.116. The highest BCUT2D eigenvalue weighted by Crippen LogP contribution is 2.35. The first-order chi connectivity index (χ1) is 11.3. The average Bonchev–Trinajstić information content (AvgIpc) is 2.48. The average molecular weight is 370 g/mol. The van der Waals surface area contributed by atoms with Crippen molar-refractivity contribution >= 4 is 34.1 Å². The number of hydrogen-bond donors (Lipinski definition) is 0. The van der Waals surface area contributed by atoms with E-state index in [0.29, 0.717) is 17.2 Å². The first kappa shape index (κ1) is 18.0. The molecule has 0 unspecified atom stereocenters. The molecule has 0 saturated heterocycles. The van der Waals surface area contributed by atoms with Gasteiger partial charge in [-0.25, -0.2) is 0 Å². The lowest BCUT2D eigenvalue weighted by Gasteiger charge is -2.14. The molecule has 24 heavy (non-hydrogen) atoms. The molecule has 0 fully saturated rings. The van der Waals surface area contributed by atoms with E-state index in [1.807, 2.05) is 0 Å². The Labute approximate surface area is 148 Å². The maximum atomic E-state index is 10.8. The second kappa shape index (κ2) is 7.51. The Hall–Kier alpha value is -2.31. The molecule has 126 valence electrons. The van der Waals surface area contributed by atoms with Gasteiger partial charge in [-0.05, 0) is 54.8 Å². The second-order valence-corrected chi connectivity index (χ2v) is 5.83. The summed E-state index contributed by atoms with van der Waals surface area (Å²) in [6.45, 7) is 3.37. The first-order valence-corrected chi connectivity index (χ1v) is 7.57. The summed E-state index contributed by atoms with van der Waals surface area (Å²) in [7, 11) is 0. The van der Waals surface area contributed by atoms with Crippen LogP contribution in [0.4, 0.5) is 5.69 Å². The molecular weight excluding hydrogens is 357 g/mol. The van der Waals surface area contributed by atoms with Crippen molar-refractivity contribution in [2.24, 2.45) is 0 Å². The third-order valence-corrected chi connectivity index (χ3v) is 3.52. The molecular formula is C16H13Cl2NO5. The molecule has 2 aromatic rings. The predicted molar refractivity (Wildman–Crippen MR) is 90.5 cm³/mol. The zero-order valence-corrected chi connectivity index (χ0v) is 14.4. The smallest absolute Gasteiger partial charge is 0.271 e. The van der Waals surface area contributed by atoms with Crippen LogP contribution in [-0.4, -0.2) is 16.8 Å². The fourth-order valence-electron chi connectivity index (χ4n) is 2.14. The van der Waals surface area contributed by atoms with Gasteiger partial charge in [0, 0.05) is 12.1 Å². The van der Waals surface area contributed by atoms with Crippen LogP contribution in [0.1, 0.15) is 11.1 Å². The van der Waals surface area contributed by atoms with Gasteiger partial charge in [-0.2, -0.15) is 0 Å². The Bertz CT molecular complexity index is 784. The molecule has 0 aromatic heterocycles. The normalized spacial score (nSPS) is 10.3. The number of ether oxygens (including phenoxy) is 2. The van der Waals surface area contributed by atoms with Crippen molar-refractivity contribution in [3.8, 4) is 17.2 Å². The SMILES string of the molecule is Cc1cc(Oc2ccc([N+](=O)[O-])cc2Cl)cc(C)c1OCC(=O)Cl. The van der Waals surface area contributed by atoms with Crippen molar-refractivity contribution in [2.75, 3.05) is 6.61 Å². The van der Waals surface area contributed by atoms with Crippen LogP contribution in [0, 0.1) is 24.0 Å². The molecule has 0 aliphatic carbocycles. The molecule has 0 radical (unpaired) electrons. The van der Waals surface area contributed by atoms with Gasteiger partial charge in [0.05, 0.1) is 9.95 Å². The molecule has 0 aliphatic heterocycles. The number of halogens is 2. The fourth-order valence-corrected chi connectivity index (χ4v) is 2.41. The third-order valence-electron chi connectivity index (χ3n) is 3.12. The largest absolute Gasteiger partial charge is 0.484 e. The van der Waals surface area contributed by atoms with Crippen LogP contribution in [0.15, 0.2) is 30.3 Å². The van der Waals surface area contributed by atoms with Crippen LogP contribution in [0.25, 0.3) is 0 Å². The van der Waals surface area contributed by atoms with Crippen LogP contribution < -0.4 is 9.47 Å². The summed E-state index contributed by atoms with van der Waals surface area (Å²) >= 11 is 11.3. The summed E-state index contributed by atoms with van der Waals surface area (Å²) in [6, 6.07) is 7.38. The number of aryl methyl sites for hydroxylation is 2. The maximum Gasteiger partial charge on any atom is 0.271 e. The molecule has 0 saturated carbocycles. The van der Waals surface area contributed by atoms with E-state index in [1.165, 1.54) is 18.2 Å². The number of non-ortho nitro benzene ring substituents is 1. The molecule has 0 heterocycles. The van der Waals surface area contributed by atoms with Crippen LogP contribution in [-0.2, 0) is 4.79 Å². The highest BCUT2D eigenvalue weighted by Gasteiger charge is 2.13. The molecule has 2 aromatic carbocycles. The van der Waals surface area contributed by atoms with Gasteiger partial charge in [0.25, 0.3) is 10.9 Å². The van der Waals surface area contributed by atoms with Crippen molar-refractivity contribution in [3.05, 3.63) is 56.6 Å². The van der Waals surface area contributed by atoms with Crippen molar-refractivity contribution < 1.29 is 19.2 Å². The van der Waals surface area contributed by atoms with E-state index in [9.17, 15) is 14.9 Å². The summed E-state index contributed by atoms with van der Waals surface area (Å²) in [6.07, 6.45) is 0. The highest BCUT2D eigenvalue weighted by molar-refractivity contribution is 6.63. The lowest BCUT2D eigenvalue weighted by Crippen LogP contribution is -2.06. The lowest BCUT2D eigenvalue weighted by molar-refractivity contribution is -0.384. The molecule has 6 nitrogen and oxygen atoms in total. The molecule has 2 rings (SSSR count). The number of nitro benzene ring substituents is 1. The monoisotopic (exact) mass is 369 g/mol. The van der Waals surface area contributed by atoms with Gasteiger partial charge in [0.1, 0.15) is 17.2 Å². The van der Waals surface area contributed by atoms with Gasteiger partial charge >= 0.3 is 0 Å². The summed E-state index contributed by atoms with van der Waals surface area (Å²) < 4.78 is 11.0. The first-order valence-electron chi connectivity index (χ1n) is 6.82. The second-order valence-electron chi connectivity index (χ2n) is 5.00. The number of benzene rings is 2. The molecule has 0 amide bonds. The minimum atomic E-state index is -0.591. The van der Waals surface area contributed by atoms with Crippen molar-refractivity contribution in [3.63, 3.8) is 0 Å². The summed E-state index contributed by atoms with van der Waals surface area (Å²) in [4.78, 5) is 21.0. The van der Waals surface area contributed by atoms with Gasteiger partial charge in [0.2, 0.25) is 0 Å². The van der Waals surface area contributed by atoms with Crippen LogP contribution in [0.3, 0.4) is 0 Å². The summed E-state index contributed by atoms with van der Waals surface area (Å²) in [5, 5.41) is 10.3. The topological polar surface area (TPSA) is 78.7 Å². The number of hydrogen-bond acceptors (Lipinski definition) is 5. The van der Waals surface area contributed by atoms with Gasteiger partial charge in [-0.1, -0.05) is 11.6 Å². The fraction of sp³-hybridized carbons (Fsp3) is 0.188. The van der Waals surface area contributed by atoms with Gasteiger partial charge in [-0.3, -0.25) is 14.9 Å². The van der Waals surface area contributed by atoms with E-state index in [0.717, 1.165) is 11.1 Å². The van der Waals surface area contributed by atoms with E-state index in [2.05, 4.69) is 0 Å². The minimum Gasteiger partial charge on any atom is -0.484 e. The van der Waals surface area contributed by atoms with Gasteiger partial charge < -0.3 is 9.47 Å². The van der Waals surface area contributed by atoms with E-state index >= 15 is 0 Å². The molecule has 0 atom stereocenters. The van der Waals surface area contributed by atoms with Crippen molar-refractivity contribution in [2.45, 2.75) is 13.8 Å². The maximum absolute atomic E-state index is 10.8.